The zero-order valence-corrected chi connectivity index (χ0v) is 20.4. The normalized spacial score (nSPS) is 35.9. The summed E-state index contributed by atoms with van der Waals surface area (Å²) in [5.74, 6) is 3.00. The molecule has 1 amide bonds. The van der Waals surface area contributed by atoms with Crippen LogP contribution < -0.4 is 5.32 Å². The Balaban J connectivity index is 1.56. The van der Waals surface area contributed by atoms with Gasteiger partial charge >= 0.3 is 0 Å². The molecular weight excluding hydrogens is 390 g/mol. The van der Waals surface area contributed by atoms with Crippen LogP contribution in [-0.4, -0.2) is 46.0 Å². The maximum absolute atomic E-state index is 12.8. The molecule has 3 unspecified atom stereocenters. The van der Waals surface area contributed by atoms with Crippen LogP contribution in [0.3, 0.4) is 0 Å². The van der Waals surface area contributed by atoms with E-state index in [4.69, 9.17) is 0 Å². The van der Waals surface area contributed by atoms with Crippen molar-refractivity contribution < 1.29 is 4.79 Å². The fraction of sp³-hybridized carbons (Fsp3) is 0.920. The van der Waals surface area contributed by atoms with Crippen LogP contribution in [0.15, 0.2) is 0 Å². The van der Waals surface area contributed by atoms with Crippen molar-refractivity contribution in [2.45, 2.75) is 114 Å². The van der Waals surface area contributed by atoms with Crippen LogP contribution in [0.25, 0.3) is 0 Å². The minimum atomic E-state index is -0.215. The van der Waals surface area contributed by atoms with Gasteiger partial charge < -0.3 is 10.2 Å². The fourth-order valence-corrected chi connectivity index (χ4v) is 8.55. The minimum absolute atomic E-state index is 0.0375. The Hall–Kier alpha value is -0.730. The molecule has 5 heteroatoms. The van der Waals surface area contributed by atoms with E-state index < -0.39 is 0 Å². The molecule has 1 heterocycles. The number of carbonyl (C=O) groups excluding carboxylic acids is 1. The number of nitrogens with one attached hydrogen (secondary N) is 1. The van der Waals surface area contributed by atoms with Crippen molar-refractivity contribution in [3.63, 3.8) is 0 Å². The summed E-state index contributed by atoms with van der Waals surface area (Å²) in [4.78, 5) is 14.6. The number of nitriles is 1. The van der Waals surface area contributed by atoms with Gasteiger partial charge in [-0.15, -0.1) is 0 Å². The summed E-state index contributed by atoms with van der Waals surface area (Å²) in [6.07, 6.45) is 15.0. The first kappa shape index (κ1) is 23.9. The van der Waals surface area contributed by atoms with Crippen molar-refractivity contribution in [2.75, 3.05) is 18.8 Å². The molecule has 3 rings (SSSR count). The van der Waals surface area contributed by atoms with Crippen LogP contribution in [0.1, 0.15) is 97.8 Å². The third kappa shape index (κ3) is 6.16. The molecule has 170 valence electrons. The predicted octanol–water partition coefficient (Wildman–Crippen LogP) is 5.52. The largest absolute Gasteiger partial charge is 0.326 e. The third-order valence-electron chi connectivity index (χ3n) is 7.61. The minimum Gasteiger partial charge on any atom is -0.326 e. The van der Waals surface area contributed by atoms with Crippen LogP contribution in [0, 0.1) is 23.2 Å². The SMILES string of the molecule is CCCCCCCSC12CC(C[C@@H](C)C1)CC(C)(NCC(=O)N1CCC[C@H]1C#N)C2. The maximum Gasteiger partial charge on any atom is 0.237 e. The average Bonchev–Trinajstić information content (AvgIpc) is 3.16. The molecule has 0 aromatic carbocycles. The summed E-state index contributed by atoms with van der Waals surface area (Å²) in [7, 11) is 0. The smallest absolute Gasteiger partial charge is 0.237 e. The number of hydrogen-bond donors (Lipinski definition) is 1. The van der Waals surface area contributed by atoms with E-state index in [0.717, 1.165) is 31.2 Å². The average molecular weight is 434 g/mol. The predicted molar refractivity (Wildman–Crippen MR) is 126 cm³/mol. The molecule has 5 atom stereocenters. The number of amides is 1. The van der Waals surface area contributed by atoms with E-state index in [1.165, 1.54) is 70.0 Å². The summed E-state index contributed by atoms with van der Waals surface area (Å²) in [5.41, 5.74) is 0.0375. The zero-order valence-electron chi connectivity index (χ0n) is 19.5. The van der Waals surface area contributed by atoms with Gasteiger partial charge in [-0.2, -0.15) is 17.0 Å². The van der Waals surface area contributed by atoms with E-state index in [1.807, 2.05) is 0 Å². The Labute approximate surface area is 188 Å². The first-order valence-corrected chi connectivity index (χ1v) is 13.5. The first-order chi connectivity index (χ1) is 14.4. The van der Waals surface area contributed by atoms with E-state index in [0.29, 0.717) is 11.3 Å². The quantitative estimate of drug-likeness (QED) is 0.461. The highest BCUT2D eigenvalue weighted by Gasteiger charge is 2.50. The number of likely N-dealkylation sites (tertiary alicyclic amines) is 1. The molecule has 1 aliphatic heterocycles. The van der Waals surface area contributed by atoms with Gasteiger partial charge in [-0.05, 0) is 75.9 Å². The molecule has 3 aliphatic rings. The number of nitrogens with zero attached hydrogens (tertiary/aromatic N) is 2. The van der Waals surface area contributed by atoms with E-state index in [1.54, 1.807) is 4.90 Å². The maximum atomic E-state index is 12.8. The molecule has 4 nitrogen and oxygen atoms in total. The molecule has 1 N–H and O–H groups in total. The van der Waals surface area contributed by atoms with E-state index in [-0.39, 0.29) is 17.5 Å². The summed E-state index contributed by atoms with van der Waals surface area (Å²) in [6, 6.07) is 2.09. The van der Waals surface area contributed by atoms with Crippen molar-refractivity contribution in [1.29, 1.82) is 5.26 Å². The van der Waals surface area contributed by atoms with Crippen LogP contribution >= 0.6 is 11.8 Å². The standard InChI is InChI=1S/C25H43N3OS/c1-4-5-6-7-8-12-30-25-14-20(2)13-21(16-25)15-24(3,19-25)27-18-23(29)28-11-9-10-22(28)17-26/h20-22,27H,4-16,18-19H2,1-3H3/t20-,21?,22+,24?,25?/m1/s1. The summed E-state index contributed by atoms with van der Waals surface area (Å²) < 4.78 is 0.388. The number of carbonyl (C=O) groups is 1. The Morgan fingerprint density at radius 2 is 2.03 bits per heavy atom. The van der Waals surface area contributed by atoms with Crippen molar-refractivity contribution in [1.82, 2.24) is 10.2 Å². The highest BCUT2D eigenvalue weighted by atomic mass is 32.2. The molecule has 2 saturated carbocycles. The van der Waals surface area contributed by atoms with Gasteiger partial charge in [0.05, 0.1) is 12.6 Å². The molecule has 0 aromatic rings. The number of thioether (sulfide) groups is 1. The Morgan fingerprint density at radius 3 is 2.80 bits per heavy atom. The van der Waals surface area contributed by atoms with Crippen LogP contribution in [0.2, 0.25) is 0 Å². The lowest BCUT2D eigenvalue weighted by Crippen LogP contribution is -2.58. The first-order valence-electron chi connectivity index (χ1n) is 12.5. The second-order valence-electron chi connectivity index (χ2n) is 10.7. The number of fused-ring (bicyclic) bond motifs is 2. The topological polar surface area (TPSA) is 56.1 Å². The van der Waals surface area contributed by atoms with E-state index in [9.17, 15) is 10.1 Å². The number of unbranched alkanes of at least 4 members (excludes halogenated alkanes) is 4. The lowest BCUT2D eigenvalue weighted by molar-refractivity contribution is -0.130. The van der Waals surface area contributed by atoms with Gasteiger partial charge in [0.15, 0.2) is 0 Å². The molecule has 0 aromatic heterocycles. The number of rotatable bonds is 10. The zero-order chi connectivity index (χ0) is 21.6. The lowest BCUT2D eigenvalue weighted by Gasteiger charge is -2.54. The molecule has 3 fully saturated rings. The Morgan fingerprint density at radius 1 is 1.23 bits per heavy atom. The highest BCUT2D eigenvalue weighted by molar-refractivity contribution is 8.00. The molecule has 0 spiro atoms. The monoisotopic (exact) mass is 433 g/mol. The molecular formula is C25H43N3OS. The fourth-order valence-electron chi connectivity index (χ4n) is 6.59. The van der Waals surface area contributed by atoms with Crippen molar-refractivity contribution in [2.24, 2.45) is 11.8 Å². The van der Waals surface area contributed by atoms with Crippen molar-refractivity contribution in [3.8, 4) is 6.07 Å². The molecule has 0 radical (unpaired) electrons. The summed E-state index contributed by atoms with van der Waals surface area (Å²) >= 11 is 2.25. The van der Waals surface area contributed by atoms with Gasteiger partial charge in [0.25, 0.3) is 0 Å². The van der Waals surface area contributed by atoms with Crippen LogP contribution in [0.4, 0.5) is 0 Å². The molecule has 2 bridgehead atoms. The van der Waals surface area contributed by atoms with E-state index in [2.05, 4.69) is 43.9 Å². The van der Waals surface area contributed by atoms with Gasteiger partial charge in [-0.25, -0.2) is 0 Å². The molecule has 2 aliphatic carbocycles. The van der Waals surface area contributed by atoms with Gasteiger partial charge in [-0.1, -0.05) is 39.5 Å². The molecule has 1 saturated heterocycles. The van der Waals surface area contributed by atoms with Crippen LogP contribution in [-0.2, 0) is 4.79 Å². The second kappa shape index (κ2) is 10.7. The van der Waals surface area contributed by atoms with Crippen LogP contribution in [0.5, 0.6) is 0 Å². The highest BCUT2D eigenvalue weighted by Crippen LogP contribution is 2.55. The van der Waals surface area contributed by atoms with Gasteiger partial charge in [0.1, 0.15) is 6.04 Å². The summed E-state index contributed by atoms with van der Waals surface area (Å²) in [5, 5.41) is 13.0. The Kier molecular flexibility index (Phi) is 8.55. The van der Waals surface area contributed by atoms with Crippen molar-refractivity contribution >= 4 is 17.7 Å². The second-order valence-corrected chi connectivity index (χ2v) is 12.3. The summed E-state index contributed by atoms with van der Waals surface area (Å²) in [6.45, 7) is 8.20. The molecule has 30 heavy (non-hydrogen) atoms. The number of hydrogen-bond acceptors (Lipinski definition) is 4. The van der Waals surface area contributed by atoms with Crippen molar-refractivity contribution in [3.05, 3.63) is 0 Å². The Bertz CT molecular complexity index is 616. The van der Waals surface area contributed by atoms with Gasteiger partial charge in [0, 0.05) is 16.8 Å². The lowest BCUT2D eigenvalue weighted by atomic mass is 9.62. The van der Waals surface area contributed by atoms with E-state index >= 15 is 0 Å². The van der Waals surface area contributed by atoms with Gasteiger partial charge in [0.2, 0.25) is 5.91 Å². The van der Waals surface area contributed by atoms with Gasteiger partial charge in [-0.3, -0.25) is 4.79 Å². The third-order valence-corrected chi connectivity index (χ3v) is 9.20.